The Kier molecular flexibility index (Phi) is 4.71. The molecule has 0 radical (unpaired) electrons. The van der Waals surface area contributed by atoms with Gasteiger partial charge in [-0.3, -0.25) is 9.48 Å². The molecule has 0 bridgehead atoms. The van der Waals surface area contributed by atoms with Gasteiger partial charge < -0.3 is 14.6 Å². The quantitative estimate of drug-likeness (QED) is 0.922. The van der Waals surface area contributed by atoms with Gasteiger partial charge in [0.15, 0.2) is 0 Å². The van der Waals surface area contributed by atoms with Gasteiger partial charge >= 0.3 is 0 Å². The molecule has 1 aliphatic heterocycles. The van der Waals surface area contributed by atoms with Crippen molar-refractivity contribution in [2.45, 2.75) is 39.3 Å². The Labute approximate surface area is 141 Å². The number of nitrogens with zero attached hydrogens (tertiary/aromatic N) is 5. The highest BCUT2D eigenvalue weighted by Gasteiger charge is 2.31. The van der Waals surface area contributed by atoms with E-state index in [2.05, 4.69) is 10.1 Å². The second-order valence-electron chi connectivity index (χ2n) is 6.46. The van der Waals surface area contributed by atoms with Crippen LogP contribution in [0.4, 0.5) is 0 Å². The van der Waals surface area contributed by atoms with Crippen molar-refractivity contribution in [1.82, 2.24) is 24.2 Å². The largest absolute Gasteiger partial charge is 0.385 e. The molecular formula is C17H25N5O2. The zero-order valence-corrected chi connectivity index (χ0v) is 14.5. The third-order valence-electron chi connectivity index (χ3n) is 4.82. The third kappa shape index (κ3) is 3.08. The minimum absolute atomic E-state index is 0.0300. The maximum atomic E-state index is 12.7. The van der Waals surface area contributed by atoms with Gasteiger partial charge in [0.2, 0.25) is 0 Å². The van der Waals surface area contributed by atoms with Crippen molar-refractivity contribution in [2.24, 2.45) is 13.0 Å². The molecule has 7 heteroatoms. The summed E-state index contributed by atoms with van der Waals surface area (Å²) in [6.45, 7) is 5.87. The molecule has 2 aromatic heterocycles. The van der Waals surface area contributed by atoms with Gasteiger partial charge in [-0.2, -0.15) is 5.10 Å². The topological polar surface area (TPSA) is 76.2 Å². The molecule has 3 rings (SSSR count). The minimum atomic E-state index is -0.578. The van der Waals surface area contributed by atoms with Crippen molar-refractivity contribution < 1.29 is 9.90 Å². The lowest BCUT2D eigenvalue weighted by atomic mass is 9.90. The molecule has 7 nitrogen and oxygen atoms in total. The van der Waals surface area contributed by atoms with Crippen LogP contribution in [0, 0.1) is 12.8 Å². The summed E-state index contributed by atoms with van der Waals surface area (Å²) in [5.41, 5.74) is 1.51. The molecule has 1 fully saturated rings. The van der Waals surface area contributed by atoms with Crippen molar-refractivity contribution in [1.29, 1.82) is 0 Å². The van der Waals surface area contributed by atoms with Gasteiger partial charge in [-0.25, -0.2) is 4.98 Å². The van der Waals surface area contributed by atoms with Crippen LogP contribution in [0.1, 0.15) is 47.9 Å². The van der Waals surface area contributed by atoms with Crippen LogP contribution < -0.4 is 0 Å². The summed E-state index contributed by atoms with van der Waals surface area (Å²) in [6.07, 6.45) is 4.51. The number of hydrogen-bond donors (Lipinski definition) is 1. The summed E-state index contributed by atoms with van der Waals surface area (Å²) in [5.74, 6) is 0.856. The van der Waals surface area contributed by atoms with Crippen molar-refractivity contribution >= 4 is 5.91 Å². The van der Waals surface area contributed by atoms with Crippen molar-refractivity contribution in [3.05, 3.63) is 35.7 Å². The zero-order valence-electron chi connectivity index (χ0n) is 14.5. The Hall–Kier alpha value is -2.15. The van der Waals surface area contributed by atoms with Crippen LogP contribution in [-0.4, -0.2) is 48.3 Å². The number of piperidine rings is 1. The number of amides is 1. The molecule has 130 valence electrons. The highest BCUT2D eigenvalue weighted by molar-refractivity contribution is 5.92. The Bertz CT molecular complexity index is 712. The SMILES string of the molecule is CCn1nc(C)cc1C(=O)N1CCC(C(O)c2nccn2C)CC1. The fourth-order valence-electron chi connectivity index (χ4n) is 3.41. The first-order valence-electron chi connectivity index (χ1n) is 8.50. The normalized spacial score (nSPS) is 17.2. The molecule has 0 aliphatic carbocycles. The van der Waals surface area contributed by atoms with Gasteiger partial charge in [0.1, 0.15) is 17.6 Å². The molecule has 0 spiro atoms. The molecule has 24 heavy (non-hydrogen) atoms. The number of hydrogen-bond acceptors (Lipinski definition) is 4. The predicted octanol–water partition coefficient (Wildman–Crippen LogP) is 1.53. The highest BCUT2D eigenvalue weighted by atomic mass is 16.3. The van der Waals surface area contributed by atoms with Crippen LogP contribution in [0.2, 0.25) is 0 Å². The van der Waals surface area contributed by atoms with E-state index in [9.17, 15) is 9.90 Å². The van der Waals surface area contributed by atoms with Crippen LogP contribution >= 0.6 is 0 Å². The number of aryl methyl sites for hydroxylation is 3. The zero-order chi connectivity index (χ0) is 17.3. The number of likely N-dealkylation sites (tertiary alicyclic amines) is 1. The number of imidazole rings is 1. The predicted molar refractivity (Wildman–Crippen MR) is 89.4 cm³/mol. The molecule has 1 saturated heterocycles. The van der Waals surface area contributed by atoms with Gasteiger partial charge in [0.25, 0.3) is 5.91 Å². The molecule has 1 aliphatic rings. The summed E-state index contributed by atoms with van der Waals surface area (Å²) in [5, 5.41) is 14.9. The van der Waals surface area contributed by atoms with Crippen molar-refractivity contribution in [2.75, 3.05) is 13.1 Å². The Morgan fingerprint density at radius 2 is 2.12 bits per heavy atom. The maximum absolute atomic E-state index is 12.7. The number of aliphatic hydroxyl groups excluding tert-OH is 1. The second kappa shape index (κ2) is 6.76. The number of carbonyl (C=O) groups is 1. The minimum Gasteiger partial charge on any atom is -0.385 e. The molecule has 0 saturated carbocycles. The first kappa shape index (κ1) is 16.7. The van der Waals surface area contributed by atoms with E-state index < -0.39 is 6.10 Å². The summed E-state index contributed by atoms with van der Waals surface area (Å²) in [4.78, 5) is 18.8. The number of carbonyl (C=O) groups excluding carboxylic acids is 1. The average molecular weight is 331 g/mol. The lowest BCUT2D eigenvalue weighted by Gasteiger charge is -2.34. The van der Waals surface area contributed by atoms with E-state index in [-0.39, 0.29) is 11.8 Å². The van der Waals surface area contributed by atoms with Gasteiger partial charge in [0.05, 0.1) is 5.69 Å². The van der Waals surface area contributed by atoms with Crippen LogP contribution in [-0.2, 0) is 13.6 Å². The number of rotatable bonds is 4. The summed E-state index contributed by atoms with van der Waals surface area (Å²) in [6, 6.07) is 1.85. The number of aromatic nitrogens is 4. The summed E-state index contributed by atoms with van der Waals surface area (Å²) < 4.78 is 3.61. The molecule has 3 heterocycles. The molecular weight excluding hydrogens is 306 g/mol. The molecule has 1 N–H and O–H groups in total. The molecule has 1 amide bonds. The summed E-state index contributed by atoms with van der Waals surface area (Å²) in [7, 11) is 1.89. The number of aliphatic hydroxyl groups is 1. The molecule has 1 atom stereocenters. The highest BCUT2D eigenvalue weighted by Crippen LogP contribution is 2.30. The van der Waals surface area contributed by atoms with Crippen LogP contribution in [0.25, 0.3) is 0 Å². The van der Waals surface area contributed by atoms with Gasteiger partial charge in [-0.1, -0.05) is 0 Å². The Morgan fingerprint density at radius 3 is 2.71 bits per heavy atom. The van der Waals surface area contributed by atoms with E-state index in [0.717, 1.165) is 18.5 Å². The molecule has 1 unspecified atom stereocenters. The van der Waals surface area contributed by atoms with E-state index in [4.69, 9.17) is 0 Å². The van der Waals surface area contributed by atoms with Crippen molar-refractivity contribution in [3.63, 3.8) is 0 Å². The van der Waals surface area contributed by atoms with Crippen LogP contribution in [0.15, 0.2) is 18.5 Å². The van der Waals surface area contributed by atoms with E-state index in [0.29, 0.717) is 31.2 Å². The van der Waals surface area contributed by atoms with E-state index in [1.807, 2.05) is 42.6 Å². The molecule has 0 aromatic carbocycles. The first-order valence-corrected chi connectivity index (χ1v) is 8.50. The first-order chi connectivity index (χ1) is 11.5. The fourth-order valence-corrected chi connectivity index (χ4v) is 3.41. The lowest BCUT2D eigenvalue weighted by molar-refractivity contribution is 0.0413. The maximum Gasteiger partial charge on any atom is 0.272 e. The monoisotopic (exact) mass is 331 g/mol. The third-order valence-corrected chi connectivity index (χ3v) is 4.82. The van der Waals surface area contributed by atoms with Crippen LogP contribution in [0.3, 0.4) is 0 Å². The van der Waals surface area contributed by atoms with Crippen molar-refractivity contribution in [3.8, 4) is 0 Å². The second-order valence-corrected chi connectivity index (χ2v) is 6.46. The smallest absolute Gasteiger partial charge is 0.272 e. The lowest BCUT2D eigenvalue weighted by Crippen LogP contribution is -2.40. The Morgan fingerprint density at radius 1 is 1.42 bits per heavy atom. The van der Waals surface area contributed by atoms with Crippen LogP contribution in [0.5, 0.6) is 0 Å². The standard InChI is InChI=1S/C17H25N5O2/c1-4-22-14(11-12(2)19-22)17(24)21-8-5-13(6-9-21)15(23)16-18-7-10-20(16)3/h7,10-11,13,15,23H,4-6,8-9H2,1-3H3. The van der Waals surface area contributed by atoms with E-state index >= 15 is 0 Å². The average Bonchev–Trinajstić information content (AvgIpc) is 3.19. The fraction of sp³-hybridized carbons (Fsp3) is 0.588. The van der Waals surface area contributed by atoms with Gasteiger partial charge in [0, 0.05) is 39.1 Å². The van der Waals surface area contributed by atoms with E-state index in [1.165, 1.54) is 0 Å². The summed E-state index contributed by atoms with van der Waals surface area (Å²) >= 11 is 0. The Balaban J connectivity index is 1.64. The van der Waals surface area contributed by atoms with E-state index in [1.54, 1.807) is 10.9 Å². The van der Waals surface area contributed by atoms with Gasteiger partial charge in [-0.15, -0.1) is 0 Å². The van der Waals surface area contributed by atoms with Gasteiger partial charge in [-0.05, 0) is 38.7 Å². The molecule has 2 aromatic rings.